The van der Waals surface area contributed by atoms with Gasteiger partial charge in [-0.15, -0.1) is 6.58 Å². The SMILES string of the molecule is C=CCNC(=O)C1(Cc2ccc(-c3cccnc3)cc2)CN(C(=O)c2ccncc2)CCO1. The molecule has 33 heavy (non-hydrogen) atoms. The highest BCUT2D eigenvalue weighted by Crippen LogP contribution is 2.27. The van der Waals surface area contributed by atoms with Crippen LogP contribution in [0.1, 0.15) is 15.9 Å². The van der Waals surface area contributed by atoms with Gasteiger partial charge in [0.2, 0.25) is 0 Å². The average Bonchev–Trinajstić information content (AvgIpc) is 2.88. The summed E-state index contributed by atoms with van der Waals surface area (Å²) in [6.45, 7) is 4.83. The number of carbonyl (C=O) groups is 2. The van der Waals surface area contributed by atoms with Crippen molar-refractivity contribution in [3.05, 3.63) is 97.1 Å². The topological polar surface area (TPSA) is 84.4 Å². The molecule has 1 atom stereocenters. The first kappa shape index (κ1) is 22.4. The number of nitrogens with zero attached hydrogens (tertiary/aromatic N) is 3. The molecular formula is C26H26N4O3. The number of carbonyl (C=O) groups excluding carboxylic acids is 2. The van der Waals surface area contributed by atoms with Crippen molar-refractivity contribution in [3.8, 4) is 11.1 Å². The second-order valence-corrected chi connectivity index (χ2v) is 7.92. The molecule has 1 fully saturated rings. The lowest BCUT2D eigenvalue weighted by Crippen LogP contribution is -2.62. The lowest BCUT2D eigenvalue weighted by Gasteiger charge is -2.41. The quantitative estimate of drug-likeness (QED) is 0.569. The summed E-state index contributed by atoms with van der Waals surface area (Å²) < 4.78 is 6.10. The Kier molecular flexibility index (Phi) is 6.90. The molecule has 1 N–H and O–H groups in total. The van der Waals surface area contributed by atoms with Crippen LogP contribution in [0, 0.1) is 0 Å². The minimum absolute atomic E-state index is 0.145. The number of rotatable bonds is 7. The molecule has 168 valence electrons. The Bertz CT molecular complexity index is 1100. The highest BCUT2D eigenvalue weighted by Gasteiger charge is 2.45. The number of aromatic nitrogens is 2. The molecule has 0 spiro atoms. The Morgan fingerprint density at radius 3 is 2.55 bits per heavy atom. The molecule has 3 heterocycles. The molecule has 1 unspecified atom stereocenters. The van der Waals surface area contributed by atoms with Gasteiger partial charge in [0.25, 0.3) is 11.8 Å². The number of benzene rings is 1. The van der Waals surface area contributed by atoms with Crippen LogP contribution in [0.2, 0.25) is 0 Å². The number of ether oxygens (including phenoxy) is 1. The second kappa shape index (κ2) is 10.2. The van der Waals surface area contributed by atoms with Crippen LogP contribution in [-0.4, -0.2) is 58.5 Å². The maximum atomic E-state index is 13.2. The van der Waals surface area contributed by atoms with Crippen molar-refractivity contribution in [1.29, 1.82) is 0 Å². The van der Waals surface area contributed by atoms with Gasteiger partial charge in [-0.05, 0) is 34.9 Å². The number of hydrogen-bond donors (Lipinski definition) is 1. The molecule has 1 aliphatic rings. The van der Waals surface area contributed by atoms with E-state index in [1.165, 1.54) is 0 Å². The van der Waals surface area contributed by atoms with Gasteiger partial charge < -0.3 is 15.0 Å². The van der Waals surface area contributed by atoms with E-state index in [4.69, 9.17) is 4.74 Å². The molecule has 1 saturated heterocycles. The fourth-order valence-corrected chi connectivity index (χ4v) is 3.96. The van der Waals surface area contributed by atoms with Crippen molar-refractivity contribution in [2.75, 3.05) is 26.2 Å². The normalized spacial score (nSPS) is 17.9. The monoisotopic (exact) mass is 442 g/mol. The van der Waals surface area contributed by atoms with Crippen molar-refractivity contribution in [2.45, 2.75) is 12.0 Å². The molecule has 2 aromatic heterocycles. The minimum Gasteiger partial charge on any atom is -0.361 e. The van der Waals surface area contributed by atoms with E-state index in [2.05, 4.69) is 21.9 Å². The van der Waals surface area contributed by atoms with Crippen molar-refractivity contribution < 1.29 is 14.3 Å². The van der Waals surface area contributed by atoms with E-state index in [1.807, 2.05) is 42.6 Å². The van der Waals surface area contributed by atoms with E-state index in [-0.39, 0.29) is 25.0 Å². The van der Waals surface area contributed by atoms with Gasteiger partial charge in [-0.25, -0.2) is 0 Å². The van der Waals surface area contributed by atoms with E-state index in [0.717, 1.165) is 16.7 Å². The van der Waals surface area contributed by atoms with E-state index in [1.54, 1.807) is 41.7 Å². The zero-order valence-electron chi connectivity index (χ0n) is 18.3. The molecule has 3 aromatic rings. The molecule has 0 saturated carbocycles. The Morgan fingerprint density at radius 2 is 1.85 bits per heavy atom. The van der Waals surface area contributed by atoms with Crippen LogP contribution in [-0.2, 0) is 16.0 Å². The van der Waals surface area contributed by atoms with Crippen molar-refractivity contribution in [1.82, 2.24) is 20.2 Å². The van der Waals surface area contributed by atoms with Gasteiger partial charge >= 0.3 is 0 Å². The summed E-state index contributed by atoms with van der Waals surface area (Å²) in [6, 6.07) is 15.2. The second-order valence-electron chi connectivity index (χ2n) is 7.92. The van der Waals surface area contributed by atoms with Crippen LogP contribution >= 0.6 is 0 Å². The molecule has 2 amide bonds. The van der Waals surface area contributed by atoms with Gasteiger partial charge in [0.1, 0.15) is 0 Å². The van der Waals surface area contributed by atoms with Crippen LogP contribution in [0.4, 0.5) is 0 Å². The van der Waals surface area contributed by atoms with Gasteiger partial charge in [-0.2, -0.15) is 0 Å². The van der Waals surface area contributed by atoms with Crippen LogP contribution < -0.4 is 5.32 Å². The standard InChI is InChI=1S/C26H26N4O3/c1-2-11-29-25(32)26(17-20-5-7-21(8-6-20)23-4-3-12-28-18-23)19-30(15-16-33-26)24(31)22-9-13-27-14-10-22/h2-10,12-14,18H,1,11,15-17,19H2,(H,29,32). The van der Waals surface area contributed by atoms with E-state index in [9.17, 15) is 9.59 Å². The lowest BCUT2D eigenvalue weighted by molar-refractivity contribution is -0.157. The maximum Gasteiger partial charge on any atom is 0.254 e. The Morgan fingerprint density at radius 1 is 1.06 bits per heavy atom. The fraction of sp³-hybridized carbons (Fsp3) is 0.231. The Labute approximate surface area is 193 Å². The van der Waals surface area contributed by atoms with Crippen LogP contribution in [0.5, 0.6) is 0 Å². The predicted octanol–water partition coefficient (Wildman–Crippen LogP) is 2.90. The molecule has 0 aliphatic carbocycles. The molecule has 1 aliphatic heterocycles. The predicted molar refractivity (Wildman–Crippen MR) is 125 cm³/mol. The zero-order valence-corrected chi connectivity index (χ0v) is 18.3. The number of pyridine rings is 2. The Hall–Kier alpha value is -3.84. The van der Waals surface area contributed by atoms with Crippen molar-refractivity contribution in [3.63, 3.8) is 0 Å². The van der Waals surface area contributed by atoms with Crippen molar-refractivity contribution >= 4 is 11.8 Å². The number of amides is 2. The van der Waals surface area contributed by atoms with Gasteiger partial charge in [0.15, 0.2) is 5.60 Å². The third-order valence-electron chi connectivity index (χ3n) is 5.66. The fourth-order valence-electron chi connectivity index (χ4n) is 3.96. The summed E-state index contributed by atoms with van der Waals surface area (Å²) >= 11 is 0. The first-order chi connectivity index (χ1) is 16.1. The molecule has 7 heteroatoms. The summed E-state index contributed by atoms with van der Waals surface area (Å²) in [5.41, 5.74) is 2.34. The van der Waals surface area contributed by atoms with E-state index in [0.29, 0.717) is 25.1 Å². The molecule has 0 radical (unpaired) electrons. The average molecular weight is 443 g/mol. The number of morpholine rings is 1. The maximum absolute atomic E-state index is 13.2. The van der Waals surface area contributed by atoms with Gasteiger partial charge in [-0.3, -0.25) is 19.6 Å². The lowest BCUT2D eigenvalue weighted by atomic mass is 9.90. The van der Waals surface area contributed by atoms with Gasteiger partial charge in [0, 0.05) is 49.9 Å². The summed E-state index contributed by atoms with van der Waals surface area (Å²) in [4.78, 5) is 36.1. The third kappa shape index (κ3) is 5.15. The summed E-state index contributed by atoms with van der Waals surface area (Å²) in [7, 11) is 0. The summed E-state index contributed by atoms with van der Waals surface area (Å²) in [5, 5.41) is 2.86. The van der Waals surface area contributed by atoms with Gasteiger partial charge in [-0.1, -0.05) is 36.4 Å². The number of hydrogen-bond acceptors (Lipinski definition) is 5. The van der Waals surface area contributed by atoms with Crippen LogP contribution in [0.3, 0.4) is 0 Å². The number of nitrogens with one attached hydrogen (secondary N) is 1. The largest absolute Gasteiger partial charge is 0.361 e. The van der Waals surface area contributed by atoms with Crippen LogP contribution in [0.25, 0.3) is 11.1 Å². The molecule has 1 aromatic carbocycles. The summed E-state index contributed by atoms with van der Waals surface area (Å²) in [5.74, 6) is -0.403. The minimum atomic E-state index is -1.19. The van der Waals surface area contributed by atoms with E-state index >= 15 is 0 Å². The van der Waals surface area contributed by atoms with E-state index < -0.39 is 5.60 Å². The molecular weight excluding hydrogens is 416 g/mol. The Balaban J connectivity index is 1.58. The first-order valence-electron chi connectivity index (χ1n) is 10.8. The van der Waals surface area contributed by atoms with Crippen LogP contribution in [0.15, 0.2) is 86.0 Å². The highest BCUT2D eigenvalue weighted by atomic mass is 16.5. The van der Waals surface area contributed by atoms with Gasteiger partial charge in [0.05, 0.1) is 13.2 Å². The molecule has 7 nitrogen and oxygen atoms in total. The smallest absolute Gasteiger partial charge is 0.254 e. The highest BCUT2D eigenvalue weighted by molar-refractivity contribution is 5.95. The molecule has 4 rings (SSSR count). The molecule has 0 bridgehead atoms. The first-order valence-corrected chi connectivity index (χ1v) is 10.8. The third-order valence-corrected chi connectivity index (χ3v) is 5.66. The summed E-state index contributed by atoms with van der Waals surface area (Å²) in [6.07, 6.45) is 8.68. The van der Waals surface area contributed by atoms with Crippen molar-refractivity contribution in [2.24, 2.45) is 0 Å². The zero-order chi connectivity index (χ0) is 23.1.